The van der Waals surface area contributed by atoms with E-state index in [9.17, 15) is 4.39 Å². The summed E-state index contributed by atoms with van der Waals surface area (Å²) in [5, 5.41) is 0.637. The molecule has 0 heterocycles. The third-order valence-electron chi connectivity index (χ3n) is 3.29. The maximum Gasteiger partial charge on any atom is 0.123 e. The molecule has 2 rings (SSSR count). The van der Waals surface area contributed by atoms with Crippen LogP contribution in [-0.4, -0.2) is 13.7 Å². The average molecular weight is 294 g/mol. The highest BCUT2D eigenvalue weighted by atomic mass is 35.5. The van der Waals surface area contributed by atoms with Crippen LogP contribution >= 0.6 is 11.6 Å². The fraction of sp³-hybridized carbons (Fsp3) is 0.250. The number of ether oxygens (including phenoxy) is 1. The molecule has 0 saturated carbocycles. The van der Waals surface area contributed by atoms with E-state index in [0.29, 0.717) is 18.0 Å². The van der Waals surface area contributed by atoms with E-state index in [2.05, 4.69) is 0 Å². The van der Waals surface area contributed by atoms with Gasteiger partial charge in [0.15, 0.2) is 0 Å². The standard InChI is InChI=1S/C16H17ClFNO/c1-20-16-6-5-13(17)9-15(16)12(10-19)7-11-3-2-4-14(18)8-11/h2-6,8-9,12H,7,10,19H2,1H3. The van der Waals surface area contributed by atoms with Gasteiger partial charge < -0.3 is 10.5 Å². The SMILES string of the molecule is COc1ccc(Cl)cc1C(CN)Cc1cccc(F)c1. The second kappa shape index (κ2) is 6.73. The summed E-state index contributed by atoms with van der Waals surface area (Å²) in [6.07, 6.45) is 0.644. The van der Waals surface area contributed by atoms with Gasteiger partial charge in [0.05, 0.1) is 7.11 Å². The largest absolute Gasteiger partial charge is 0.496 e. The monoisotopic (exact) mass is 293 g/mol. The van der Waals surface area contributed by atoms with Crippen LogP contribution in [0.3, 0.4) is 0 Å². The van der Waals surface area contributed by atoms with Crippen LogP contribution in [0.15, 0.2) is 42.5 Å². The summed E-state index contributed by atoms with van der Waals surface area (Å²) in [5.74, 6) is 0.544. The molecule has 2 aromatic rings. The zero-order valence-corrected chi connectivity index (χ0v) is 12.0. The molecular formula is C16H17ClFNO. The van der Waals surface area contributed by atoms with E-state index in [-0.39, 0.29) is 11.7 Å². The van der Waals surface area contributed by atoms with Crippen molar-refractivity contribution < 1.29 is 9.13 Å². The molecule has 1 atom stereocenters. The van der Waals surface area contributed by atoms with Gasteiger partial charge >= 0.3 is 0 Å². The van der Waals surface area contributed by atoms with Crippen LogP contribution in [0.4, 0.5) is 4.39 Å². The molecule has 0 saturated heterocycles. The lowest BCUT2D eigenvalue weighted by molar-refractivity contribution is 0.405. The lowest BCUT2D eigenvalue weighted by Gasteiger charge is -2.19. The minimum atomic E-state index is -0.240. The van der Waals surface area contributed by atoms with Crippen LogP contribution in [0.5, 0.6) is 5.75 Å². The van der Waals surface area contributed by atoms with Gasteiger partial charge in [-0.25, -0.2) is 4.39 Å². The van der Waals surface area contributed by atoms with Crippen molar-refractivity contribution in [1.82, 2.24) is 0 Å². The Bertz CT molecular complexity index is 588. The Morgan fingerprint density at radius 3 is 2.70 bits per heavy atom. The van der Waals surface area contributed by atoms with Crippen molar-refractivity contribution in [2.45, 2.75) is 12.3 Å². The fourth-order valence-electron chi connectivity index (χ4n) is 2.29. The molecule has 20 heavy (non-hydrogen) atoms. The number of methoxy groups -OCH3 is 1. The number of rotatable bonds is 5. The van der Waals surface area contributed by atoms with Gasteiger partial charge in [-0.1, -0.05) is 23.7 Å². The highest BCUT2D eigenvalue weighted by Gasteiger charge is 2.16. The first-order chi connectivity index (χ1) is 9.63. The Hall–Kier alpha value is -1.58. The third-order valence-corrected chi connectivity index (χ3v) is 3.52. The number of nitrogens with two attached hydrogens (primary N) is 1. The zero-order valence-electron chi connectivity index (χ0n) is 11.3. The molecule has 0 aliphatic rings. The highest BCUT2D eigenvalue weighted by Crippen LogP contribution is 2.31. The summed E-state index contributed by atoms with van der Waals surface area (Å²) in [6.45, 7) is 0.438. The van der Waals surface area contributed by atoms with E-state index in [4.69, 9.17) is 22.1 Å². The van der Waals surface area contributed by atoms with Gasteiger partial charge in [0.25, 0.3) is 0 Å². The van der Waals surface area contributed by atoms with E-state index in [1.54, 1.807) is 19.2 Å². The predicted octanol–water partition coefficient (Wildman–Crippen LogP) is 3.77. The van der Waals surface area contributed by atoms with Crippen molar-refractivity contribution in [1.29, 1.82) is 0 Å². The summed E-state index contributed by atoms with van der Waals surface area (Å²) in [7, 11) is 1.61. The molecule has 1 unspecified atom stereocenters. The Kier molecular flexibility index (Phi) is 4.99. The summed E-state index contributed by atoms with van der Waals surface area (Å²) in [4.78, 5) is 0. The summed E-state index contributed by atoms with van der Waals surface area (Å²) >= 11 is 6.05. The van der Waals surface area contributed by atoms with Crippen molar-refractivity contribution >= 4 is 11.6 Å². The summed E-state index contributed by atoms with van der Waals surface area (Å²) in [5.41, 5.74) is 7.73. The molecule has 106 valence electrons. The topological polar surface area (TPSA) is 35.2 Å². The van der Waals surface area contributed by atoms with E-state index in [0.717, 1.165) is 16.9 Å². The fourth-order valence-corrected chi connectivity index (χ4v) is 2.47. The molecule has 0 amide bonds. The lowest BCUT2D eigenvalue weighted by Crippen LogP contribution is -2.16. The molecule has 0 spiro atoms. The normalized spacial score (nSPS) is 12.2. The Labute approximate surface area is 123 Å². The van der Waals surface area contributed by atoms with Gasteiger partial charge in [-0.05, 0) is 48.9 Å². The maximum atomic E-state index is 13.3. The van der Waals surface area contributed by atoms with Crippen LogP contribution < -0.4 is 10.5 Å². The van der Waals surface area contributed by atoms with Crippen LogP contribution in [0.1, 0.15) is 17.0 Å². The van der Waals surface area contributed by atoms with Crippen molar-refractivity contribution in [3.63, 3.8) is 0 Å². The molecule has 0 bridgehead atoms. The molecule has 2 aromatic carbocycles. The average Bonchev–Trinajstić information content (AvgIpc) is 2.45. The number of halogens is 2. The summed E-state index contributed by atoms with van der Waals surface area (Å²) < 4.78 is 18.6. The van der Waals surface area contributed by atoms with Crippen LogP contribution in [0.2, 0.25) is 5.02 Å². The first kappa shape index (κ1) is 14.8. The van der Waals surface area contributed by atoms with E-state index in [1.807, 2.05) is 18.2 Å². The molecular weight excluding hydrogens is 277 g/mol. The van der Waals surface area contributed by atoms with Gasteiger partial charge in [-0.15, -0.1) is 0 Å². The molecule has 0 aliphatic heterocycles. The zero-order chi connectivity index (χ0) is 14.5. The van der Waals surface area contributed by atoms with Gasteiger partial charge in [0.2, 0.25) is 0 Å². The maximum absolute atomic E-state index is 13.3. The third kappa shape index (κ3) is 3.50. The first-order valence-electron chi connectivity index (χ1n) is 6.42. The Morgan fingerprint density at radius 2 is 2.05 bits per heavy atom. The number of hydrogen-bond acceptors (Lipinski definition) is 2. The van der Waals surface area contributed by atoms with Gasteiger partial charge in [-0.3, -0.25) is 0 Å². The molecule has 2 nitrogen and oxygen atoms in total. The van der Waals surface area contributed by atoms with Gasteiger partial charge in [0.1, 0.15) is 11.6 Å². The molecule has 0 aliphatic carbocycles. The number of benzene rings is 2. The van der Waals surface area contributed by atoms with Crippen LogP contribution in [0.25, 0.3) is 0 Å². The minimum absolute atomic E-state index is 0.0328. The quantitative estimate of drug-likeness (QED) is 0.911. The molecule has 4 heteroatoms. The Morgan fingerprint density at radius 1 is 1.25 bits per heavy atom. The van der Waals surface area contributed by atoms with Gasteiger partial charge in [-0.2, -0.15) is 0 Å². The molecule has 0 fully saturated rings. The predicted molar refractivity (Wildman–Crippen MR) is 79.9 cm³/mol. The molecule has 0 aromatic heterocycles. The lowest BCUT2D eigenvalue weighted by atomic mass is 9.91. The van der Waals surface area contributed by atoms with E-state index >= 15 is 0 Å². The molecule has 0 radical (unpaired) electrons. The van der Waals surface area contributed by atoms with E-state index < -0.39 is 0 Å². The van der Waals surface area contributed by atoms with Crippen molar-refractivity contribution in [3.8, 4) is 5.75 Å². The highest BCUT2D eigenvalue weighted by molar-refractivity contribution is 6.30. The van der Waals surface area contributed by atoms with Crippen molar-refractivity contribution in [2.24, 2.45) is 5.73 Å². The van der Waals surface area contributed by atoms with Crippen molar-refractivity contribution in [3.05, 3.63) is 64.4 Å². The van der Waals surface area contributed by atoms with Crippen LogP contribution in [-0.2, 0) is 6.42 Å². The second-order valence-corrected chi connectivity index (χ2v) is 5.09. The minimum Gasteiger partial charge on any atom is -0.496 e. The second-order valence-electron chi connectivity index (χ2n) is 4.65. The number of hydrogen-bond donors (Lipinski definition) is 1. The Balaban J connectivity index is 2.30. The van der Waals surface area contributed by atoms with E-state index in [1.165, 1.54) is 12.1 Å². The first-order valence-corrected chi connectivity index (χ1v) is 6.79. The van der Waals surface area contributed by atoms with Crippen molar-refractivity contribution in [2.75, 3.05) is 13.7 Å². The molecule has 2 N–H and O–H groups in total. The van der Waals surface area contributed by atoms with Gasteiger partial charge in [0, 0.05) is 16.5 Å². The van der Waals surface area contributed by atoms with Crippen LogP contribution in [0, 0.1) is 5.82 Å². The summed E-state index contributed by atoms with van der Waals surface area (Å²) in [6, 6.07) is 12.0. The smallest absolute Gasteiger partial charge is 0.123 e.